The summed E-state index contributed by atoms with van der Waals surface area (Å²) < 4.78 is 10.5. The summed E-state index contributed by atoms with van der Waals surface area (Å²) in [7, 11) is 0. The Kier molecular flexibility index (Phi) is 4.79. The number of hydrogen-bond donors (Lipinski definition) is 0. The van der Waals surface area contributed by atoms with Gasteiger partial charge in [-0.05, 0) is 32.9 Å². The van der Waals surface area contributed by atoms with Gasteiger partial charge >= 0.3 is 5.97 Å². The fourth-order valence-electron chi connectivity index (χ4n) is 1.58. The van der Waals surface area contributed by atoms with Crippen molar-refractivity contribution in [3.8, 4) is 11.5 Å². The number of esters is 1. The fraction of sp³-hybridized carbons (Fsp3) is 0.357. The van der Waals surface area contributed by atoms with Gasteiger partial charge in [-0.2, -0.15) is 0 Å². The molecular formula is C14H16N2O3S. The van der Waals surface area contributed by atoms with Crippen LogP contribution in [0.5, 0.6) is 0 Å². The summed E-state index contributed by atoms with van der Waals surface area (Å²) in [6, 6.07) is 7.80. The molecule has 0 saturated carbocycles. The Morgan fingerprint density at radius 3 is 2.90 bits per heavy atom. The van der Waals surface area contributed by atoms with Crippen molar-refractivity contribution in [2.24, 2.45) is 0 Å². The maximum atomic E-state index is 11.4. The number of hydrogen-bond acceptors (Lipinski definition) is 6. The van der Waals surface area contributed by atoms with Gasteiger partial charge < -0.3 is 9.15 Å². The molecule has 0 unspecified atom stereocenters. The first-order valence-corrected chi connectivity index (χ1v) is 7.26. The number of aromatic nitrogens is 2. The van der Waals surface area contributed by atoms with Crippen LogP contribution in [0.1, 0.15) is 19.4 Å². The highest BCUT2D eigenvalue weighted by Crippen LogP contribution is 2.23. The molecule has 0 aliphatic carbocycles. The van der Waals surface area contributed by atoms with Crippen LogP contribution in [0.2, 0.25) is 0 Å². The van der Waals surface area contributed by atoms with Gasteiger partial charge in [0.15, 0.2) is 0 Å². The van der Waals surface area contributed by atoms with Crippen LogP contribution in [-0.2, 0) is 9.53 Å². The Morgan fingerprint density at radius 2 is 2.20 bits per heavy atom. The van der Waals surface area contributed by atoms with Gasteiger partial charge in [0.1, 0.15) is 5.75 Å². The van der Waals surface area contributed by atoms with E-state index in [2.05, 4.69) is 10.2 Å². The molecule has 0 fully saturated rings. The topological polar surface area (TPSA) is 65.2 Å². The Morgan fingerprint density at radius 1 is 1.40 bits per heavy atom. The minimum Gasteiger partial charge on any atom is -0.462 e. The number of nitrogens with zero attached hydrogens (tertiary/aromatic N) is 2. The lowest BCUT2D eigenvalue weighted by Gasteiger charge is -2.05. The zero-order valence-corrected chi connectivity index (χ0v) is 12.4. The van der Waals surface area contributed by atoms with Crippen molar-refractivity contribution in [3.05, 3.63) is 29.8 Å². The van der Waals surface area contributed by atoms with E-state index in [0.29, 0.717) is 11.1 Å². The smallest absolute Gasteiger partial charge is 0.316 e. The third kappa shape index (κ3) is 4.09. The summed E-state index contributed by atoms with van der Waals surface area (Å²) in [6.07, 6.45) is -0.117. The van der Waals surface area contributed by atoms with Gasteiger partial charge in [0.05, 0.1) is 6.10 Å². The summed E-state index contributed by atoms with van der Waals surface area (Å²) in [5.41, 5.74) is 1.99. The highest BCUT2D eigenvalue weighted by molar-refractivity contribution is 7.99. The average molecular weight is 292 g/mol. The largest absolute Gasteiger partial charge is 0.462 e. The van der Waals surface area contributed by atoms with Crippen LogP contribution in [0.3, 0.4) is 0 Å². The summed E-state index contributed by atoms with van der Waals surface area (Å²) in [6.45, 7) is 5.62. The van der Waals surface area contributed by atoms with E-state index in [1.807, 2.05) is 45.0 Å². The first kappa shape index (κ1) is 14.6. The molecule has 0 spiro atoms. The number of carbonyl (C=O) groups excluding carboxylic acids is 1. The predicted octanol–water partition coefficient (Wildman–Crippen LogP) is 3.09. The van der Waals surface area contributed by atoms with Crippen LogP contribution in [0.25, 0.3) is 11.5 Å². The zero-order valence-electron chi connectivity index (χ0n) is 11.6. The monoisotopic (exact) mass is 292 g/mol. The molecule has 106 valence electrons. The molecular weight excluding hydrogens is 276 g/mol. The fourth-order valence-corrected chi connectivity index (χ4v) is 2.13. The summed E-state index contributed by atoms with van der Waals surface area (Å²) in [5.74, 6) is 0.321. The van der Waals surface area contributed by atoms with Gasteiger partial charge in [-0.3, -0.25) is 4.79 Å². The van der Waals surface area contributed by atoms with Crippen molar-refractivity contribution in [2.75, 3.05) is 5.75 Å². The quantitative estimate of drug-likeness (QED) is 0.623. The number of carbonyl (C=O) groups is 1. The average Bonchev–Trinajstić information content (AvgIpc) is 2.84. The number of ether oxygens (including phenoxy) is 1. The third-order valence-electron chi connectivity index (χ3n) is 2.35. The van der Waals surface area contributed by atoms with E-state index in [1.165, 1.54) is 11.8 Å². The molecule has 0 saturated heterocycles. The van der Waals surface area contributed by atoms with Crippen molar-refractivity contribution in [1.29, 1.82) is 0 Å². The highest BCUT2D eigenvalue weighted by Gasteiger charge is 2.12. The molecule has 0 aliphatic rings. The first-order valence-electron chi connectivity index (χ1n) is 6.27. The molecule has 1 heterocycles. The van der Waals surface area contributed by atoms with Gasteiger partial charge in [0.2, 0.25) is 5.89 Å². The Labute approximate surface area is 121 Å². The molecule has 1 aromatic carbocycles. The lowest BCUT2D eigenvalue weighted by molar-refractivity contribution is -0.144. The van der Waals surface area contributed by atoms with Gasteiger partial charge in [0, 0.05) is 5.56 Å². The Bertz CT molecular complexity index is 596. The standard InChI is InChI=1S/C14H16N2O3S/c1-9(2)18-12(17)8-20-14-16-15-13(19-14)11-6-4-5-10(3)7-11/h4-7,9H,8H2,1-3H3. The number of rotatable bonds is 5. The molecule has 5 nitrogen and oxygen atoms in total. The second-order valence-electron chi connectivity index (χ2n) is 4.57. The first-order chi connectivity index (χ1) is 9.54. The molecule has 20 heavy (non-hydrogen) atoms. The van der Waals surface area contributed by atoms with E-state index < -0.39 is 0 Å². The van der Waals surface area contributed by atoms with Crippen molar-refractivity contribution in [1.82, 2.24) is 10.2 Å². The maximum Gasteiger partial charge on any atom is 0.316 e. The van der Waals surface area contributed by atoms with Crippen LogP contribution in [0.15, 0.2) is 33.9 Å². The third-order valence-corrected chi connectivity index (χ3v) is 3.14. The van der Waals surface area contributed by atoms with E-state index in [-0.39, 0.29) is 17.8 Å². The van der Waals surface area contributed by atoms with E-state index in [1.54, 1.807) is 0 Å². The summed E-state index contributed by atoms with van der Waals surface area (Å²) in [4.78, 5) is 11.4. The highest BCUT2D eigenvalue weighted by atomic mass is 32.2. The van der Waals surface area contributed by atoms with Crippen molar-refractivity contribution in [2.45, 2.75) is 32.1 Å². The Balaban J connectivity index is 1.97. The summed E-state index contributed by atoms with van der Waals surface area (Å²) in [5, 5.41) is 8.25. The van der Waals surface area contributed by atoms with E-state index in [0.717, 1.165) is 11.1 Å². The minimum atomic E-state index is -0.291. The lowest BCUT2D eigenvalue weighted by Crippen LogP contribution is -2.13. The lowest BCUT2D eigenvalue weighted by atomic mass is 10.1. The van der Waals surface area contributed by atoms with Crippen LogP contribution in [0, 0.1) is 6.92 Å². The second kappa shape index (κ2) is 6.56. The van der Waals surface area contributed by atoms with Gasteiger partial charge in [-0.1, -0.05) is 29.5 Å². The number of benzene rings is 1. The summed E-state index contributed by atoms with van der Waals surface area (Å²) >= 11 is 1.18. The van der Waals surface area contributed by atoms with E-state index in [4.69, 9.17) is 9.15 Å². The molecule has 6 heteroatoms. The van der Waals surface area contributed by atoms with E-state index >= 15 is 0 Å². The predicted molar refractivity (Wildman–Crippen MR) is 76.4 cm³/mol. The van der Waals surface area contributed by atoms with Crippen molar-refractivity contribution < 1.29 is 13.9 Å². The molecule has 0 bridgehead atoms. The molecule has 0 aliphatic heterocycles. The van der Waals surface area contributed by atoms with Crippen LogP contribution >= 0.6 is 11.8 Å². The zero-order chi connectivity index (χ0) is 14.5. The second-order valence-corrected chi connectivity index (χ2v) is 5.50. The minimum absolute atomic E-state index is 0.117. The van der Waals surface area contributed by atoms with E-state index in [9.17, 15) is 4.79 Å². The van der Waals surface area contributed by atoms with Gasteiger partial charge in [-0.15, -0.1) is 10.2 Å². The molecule has 0 radical (unpaired) electrons. The molecule has 0 atom stereocenters. The Hall–Kier alpha value is -1.82. The molecule has 0 N–H and O–H groups in total. The molecule has 0 amide bonds. The normalized spacial score (nSPS) is 10.8. The maximum absolute atomic E-state index is 11.4. The van der Waals surface area contributed by atoms with Crippen LogP contribution in [-0.4, -0.2) is 28.0 Å². The van der Waals surface area contributed by atoms with Crippen LogP contribution in [0.4, 0.5) is 0 Å². The van der Waals surface area contributed by atoms with Gasteiger partial charge in [0.25, 0.3) is 5.22 Å². The molecule has 2 aromatic rings. The molecule has 1 aromatic heterocycles. The van der Waals surface area contributed by atoms with Gasteiger partial charge in [-0.25, -0.2) is 0 Å². The van der Waals surface area contributed by atoms with Crippen molar-refractivity contribution >= 4 is 17.7 Å². The SMILES string of the molecule is Cc1cccc(-c2nnc(SCC(=O)OC(C)C)o2)c1. The number of thioether (sulfide) groups is 1. The number of aryl methyl sites for hydroxylation is 1. The van der Waals surface area contributed by atoms with Crippen LogP contribution < -0.4 is 0 Å². The molecule has 2 rings (SSSR count). The van der Waals surface area contributed by atoms with Crippen molar-refractivity contribution in [3.63, 3.8) is 0 Å².